The van der Waals surface area contributed by atoms with Gasteiger partial charge in [0.25, 0.3) is 0 Å². The maximum atomic E-state index is 12.6. The maximum absolute atomic E-state index is 12.6. The molecule has 2 aromatic carbocycles. The van der Waals surface area contributed by atoms with Crippen LogP contribution in [0.4, 0.5) is 13.2 Å². The maximum Gasteiger partial charge on any atom is 0.416 e. The highest BCUT2D eigenvalue weighted by molar-refractivity contribution is 5.66. The minimum absolute atomic E-state index is 0.0756. The summed E-state index contributed by atoms with van der Waals surface area (Å²) in [5.74, 6) is 0. The normalized spacial score (nSPS) is 17.1. The van der Waals surface area contributed by atoms with Crippen molar-refractivity contribution in [3.05, 3.63) is 59.2 Å². The summed E-state index contributed by atoms with van der Waals surface area (Å²) in [6, 6.07) is 11.5. The molecule has 4 heteroatoms. The predicted molar refractivity (Wildman–Crippen MR) is 81.6 cm³/mol. The van der Waals surface area contributed by atoms with Gasteiger partial charge in [0.1, 0.15) is 0 Å². The van der Waals surface area contributed by atoms with Crippen LogP contribution in [-0.2, 0) is 18.1 Å². The van der Waals surface area contributed by atoms with Crippen molar-refractivity contribution in [2.45, 2.75) is 32.0 Å². The van der Waals surface area contributed by atoms with Crippen LogP contribution >= 0.6 is 0 Å². The third-order valence-electron chi connectivity index (χ3n) is 4.26. The van der Waals surface area contributed by atoms with Crippen molar-refractivity contribution >= 4 is 0 Å². The Hall–Kier alpha value is -1.81. The highest BCUT2D eigenvalue weighted by atomic mass is 19.4. The van der Waals surface area contributed by atoms with E-state index in [4.69, 9.17) is 0 Å². The second kappa shape index (κ2) is 5.13. The minimum Gasteiger partial charge on any atom is -0.312 e. The van der Waals surface area contributed by atoms with E-state index >= 15 is 0 Å². The Morgan fingerprint density at radius 3 is 2.23 bits per heavy atom. The lowest BCUT2D eigenvalue weighted by Crippen LogP contribution is -2.38. The standard InChI is InChI=1S/C18H18F3N/c1-17(2)11-22-10-14-9-13(5-8-16(14)17)12-3-6-15(7-4-12)18(19,20)21/h3-9,22H,10-11H2,1-2H3. The fraction of sp³-hybridized carbons (Fsp3) is 0.333. The van der Waals surface area contributed by atoms with Crippen molar-refractivity contribution in [2.75, 3.05) is 6.54 Å². The van der Waals surface area contributed by atoms with Gasteiger partial charge in [0.15, 0.2) is 0 Å². The van der Waals surface area contributed by atoms with E-state index in [1.807, 2.05) is 6.07 Å². The van der Waals surface area contributed by atoms with Gasteiger partial charge in [-0.05, 0) is 40.5 Å². The Balaban J connectivity index is 1.96. The van der Waals surface area contributed by atoms with Gasteiger partial charge in [-0.2, -0.15) is 13.2 Å². The van der Waals surface area contributed by atoms with Crippen LogP contribution in [0.1, 0.15) is 30.5 Å². The first-order chi connectivity index (χ1) is 10.3. The van der Waals surface area contributed by atoms with Crippen molar-refractivity contribution in [1.82, 2.24) is 5.32 Å². The molecule has 1 N–H and O–H groups in total. The molecule has 0 atom stereocenters. The van der Waals surface area contributed by atoms with E-state index in [-0.39, 0.29) is 5.41 Å². The first-order valence-corrected chi connectivity index (χ1v) is 7.29. The van der Waals surface area contributed by atoms with Crippen LogP contribution in [0.3, 0.4) is 0 Å². The van der Waals surface area contributed by atoms with Gasteiger partial charge in [0, 0.05) is 18.5 Å². The molecule has 0 unspecified atom stereocenters. The van der Waals surface area contributed by atoms with Gasteiger partial charge < -0.3 is 5.32 Å². The summed E-state index contributed by atoms with van der Waals surface area (Å²) in [6.45, 7) is 6.11. The summed E-state index contributed by atoms with van der Waals surface area (Å²) in [4.78, 5) is 0. The Labute approximate surface area is 128 Å². The first-order valence-electron chi connectivity index (χ1n) is 7.29. The lowest BCUT2D eigenvalue weighted by atomic mass is 9.78. The van der Waals surface area contributed by atoms with Gasteiger partial charge in [0.2, 0.25) is 0 Å². The van der Waals surface area contributed by atoms with Crippen molar-refractivity contribution in [3.63, 3.8) is 0 Å². The summed E-state index contributed by atoms with van der Waals surface area (Å²) < 4.78 is 37.9. The molecule has 0 saturated heterocycles. The zero-order valence-electron chi connectivity index (χ0n) is 12.6. The van der Waals surface area contributed by atoms with Crippen molar-refractivity contribution < 1.29 is 13.2 Å². The van der Waals surface area contributed by atoms with E-state index in [9.17, 15) is 13.2 Å². The van der Waals surface area contributed by atoms with Crippen LogP contribution in [0.15, 0.2) is 42.5 Å². The molecule has 0 aliphatic carbocycles. The number of rotatable bonds is 1. The number of benzene rings is 2. The molecular weight excluding hydrogens is 287 g/mol. The lowest BCUT2D eigenvalue weighted by Gasteiger charge is -2.33. The monoisotopic (exact) mass is 305 g/mol. The lowest BCUT2D eigenvalue weighted by molar-refractivity contribution is -0.137. The molecule has 1 heterocycles. The van der Waals surface area contributed by atoms with Gasteiger partial charge >= 0.3 is 6.18 Å². The molecule has 0 radical (unpaired) electrons. The molecule has 1 aliphatic rings. The molecule has 2 aromatic rings. The van der Waals surface area contributed by atoms with E-state index in [1.54, 1.807) is 0 Å². The Morgan fingerprint density at radius 1 is 0.955 bits per heavy atom. The molecule has 22 heavy (non-hydrogen) atoms. The molecule has 0 aromatic heterocycles. The van der Waals surface area contributed by atoms with E-state index < -0.39 is 11.7 Å². The number of nitrogens with one attached hydrogen (secondary N) is 1. The van der Waals surface area contributed by atoms with E-state index in [0.29, 0.717) is 0 Å². The second-order valence-electron chi connectivity index (χ2n) is 6.43. The first kappa shape index (κ1) is 15.1. The topological polar surface area (TPSA) is 12.0 Å². The zero-order valence-corrected chi connectivity index (χ0v) is 12.6. The Bertz CT molecular complexity index is 684. The van der Waals surface area contributed by atoms with E-state index in [2.05, 4.69) is 31.3 Å². The quantitative estimate of drug-likeness (QED) is 0.801. The smallest absolute Gasteiger partial charge is 0.312 e. The largest absolute Gasteiger partial charge is 0.416 e. The molecule has 0 bridgehead atoms. The third-order valence-corrected chi connectivity index (χ3v) is 4.26. The number of fused-ring (bicyclic) bond motifs is 1. The van der Waals surface area contributed by atoms with E-state index in [1.165, 1.54) is 23.3 Å². The minimum atomic E-state index is -4.29. The highest BCUT2D eigenvalue weighted by Gasteiger charge is 2.30. The van der Waals surface area contributed by atoms with Crippen LogP contribution in [0.5, 0.6) is 0 Å². The molecule has 0 amide bonds. The molecular formula is C18H18F3N. The summed E-state index contributed by atoms with van der Waals surface area (Å²) in [7, 11) is 0. The predicted octanol–water partition coefficient (Wildman–Crippen LogP) is 4.75. The van der Waals surface area contributed by atoms with Gasteiger partial charge in [-0.15, -0.1) is 0 Å². The molecule has 1 nitrogen and oxygen atoms in total. The molecule has 3 rings (SSSR count). The Kier molecular flexibility index (Phi) is 3.52. The molecule has 0 spiro atoms. The number of alkyl halides is 3. The van der Waals surface area contributed by atoms with Crippen molar-refractivity contribution in [3.8, 4) is 11.1 Å². The molecule has 0 saturated carbocycles. The molecule has 0 fully saturated rings. The molecule has 116 valence electrons. The fourth-order valence-electron chi connectivity index (χ4n) is 3.04. The summed E-state index contributed by atoms with van der Waals surface area (Å²) in [5.41, 5.74) is 3.74. The SMILES string of the molecule is CC1(C)CNCc2cc(-c3ccc(C(F)(F)F)cc3)ccc21. The molecule has 1 aliphatic heterocycles. The van der Waals surface area contributed by atoms with Crippen molar-refractivity contribution in [2.24, 2.45) is 0 Å². The second-order valence-corrected chi connectivity index (χ2v) is 6.43. The summed E-state index contributed by atoms with van der Waals surface area (Å²) in [6.07, 6.45) is -4.29. The summed E-state index contributed by atoms with van der Waals surface area (Å²) >= 11 is 0. The van der Waals surface area contributed by atoms with Gasteiger partial charge in [0.05, 0.1) is 5.56 Å². The van der Waals surface area contributed by atoms with Crippen LogP contribution < -0.4 is 5.32 Å². The third kappa shape index (κ3) is 2.75. The highest BCUT2D eigenvalue weighted by Crippen LogP contribution is 2.34. The number of halogens is 3. The van der Waals surface area contributed by atoms with Gasteiger partial charge in [-0.1, -0.05) is 38.1 Å². The summed E-state index contributed by atoms with van der Waals surface area (Å²) in [5, 5.41) is 3.39. The average molecular weight is 305 g/mol. The van der Waals surface area contributed by atoms with Crippen LogP contribution in [0.25, 0.3) is 11.1 Å². The Morgan fingerprint density at radius 2 is 1.59 bits per heavy atom. The van der Waals surface area contributed by atoms with Gasteiger partial charge in [-0.25, -0.2) is 0 Å². The van der Waals surface area contributed by atoms with Crippen LogP contribution in [0, 0.1) is 0 Å². The van der Waals surface area contributed by atoms with Crippen LogP contribution in [-0.4, -0.2) is 6.54 Å². The fourth-order valence-corrected chi connectivity index (χ4v) is 3.04. The number of hydrogen-bond donors (Lipinski definition) is 1. The van der Waals surface area contributed by atoms with E-state index in [0.717, 1.165) is 36.3 Å². The number of hydrogen-bond acceptors (Lipinski definition) is 1. The zero-order chi connectivity index (χ0) is 16.0. The van der Waals surface area contributed by atoms with Crippen molar-refractivity contribution in [1.29, 1.82) is 0 Å². The van der Waals surface area contributed by atoms with Gasteiger partial charge in [-0.3, -0.25) is 0 Å². The van der Waals surface area contributed by atoms with Crippen LogP contribution in [0.2, 0.25) is 0 Å². The average Bonchev–Trinajstić information content (AvgIpc) is 2.46.